The molecule has 0 heterocycles. The number of hydrogen-bond donors (Lipinski definition) is 3. The quantitative estimate of drug-likeness (QED) is 0.393. The molecule has 1 aromatic rings. The first-order valence-electron chi connectivity index (χ1n) is 7.27. The van der Waals surface area contributed by atoms with Gasteiger partial charge in [0.05, 0.1) is 6.26 Å². The van der Waals surface area contributed by atoms with Gasteiger partial charge in [-0.15, -0.1) is 0 Å². The average molecular weight is 326 g/mol. The van der Waals surface area contributed by atoms with Crippen molar-refractivity contribution in [3.63, 3.8) is 0 Å². The van der Waals surface area contributed by atoms with E-state index in [1.165, 1.54) is 11.1 Å². The molecule has 1 rings (SSSR count). The molecule has 7 heteroatoms. The Kier molecular flexibility index (Phi) is 7.34. The van der Waals surface area contributed by atoms with Gasteiger partial charge in [-0.3, -0.25) is 4.99 Å². The molecule has 0 spiro atoms. The summed E-state index contributed by atoms with van der Waals surface area (Å²) >= 11 is 0. The summed E-state index contributed by atoms with van der Waals surface area (Å²) in [6, 6.07) is 8.44. The monoisotopic (exact) mass is 326 g/mol. The third-order valence-corrected chi connectivity index (χ3v) is 3.92. The molecule has 0 aliphatic rings. The summed E-state index contributed by atoms with van der Waals surface area (Å²) in [6.45, 7) is 5.79. The van der Waals surface area contributed by atoms with Crippen LogP contribution in [-0.4, -0.2) is 47.3 Å². The Morgan fingerprint density at radius 1 is 1.27 bits per heavy atom. The van der Waals surface area contributed by atoms with E-state index in [-0.39, 0.29) is 0 Å². The van der Waals surface area contributed by atoms with Crippen molar-refractivity contribution in [3.05, 3.63) is 35.4 Å². The lowest BCUT2D eigenvalue weighted by Gasteiger charge is -2.16. The van der Waals surface area contributed by atoms with Gasteiger partial charge >= 0.3 is 0 Å². The van der Waals surface area contributed by atoms with Crippen molar-refractivity contribution in [1.29, 1.82) is 0 Å². The van der Waals surface area contributed by atoms with Crippen molar-refractivity contribution in [2.45, 2.75) is 19.8 Å². The predicted molar refractivity (Wildman–Crippen MR) is 91.8 cm³/mol. The predicted octanol–water partition coefficient (Wildman–Crippen LogP) is 0.813. The molecule has 124 valence electrons. The van der Waals surface area contributed by atoms with Crippen molar-refractivity contribution in [1.82, 2.24) is 15.4 Å². The number of aliphatic imine (C=N–C) groups is 1. The molecule has 0 saturated heterocycles. The second-order valence-electron chi connectivity index (χ2n) is 5.36. The zero-order chi connectivity index (χ0) is 16.6. The lowest BCUT2D eigenvalue weighted by atomic mass is 9.99. The van der Waals surface area contributed by atoms with Crippen molar-refractivity contribution < 1.29 is 8.42 Å². The summed E-state index contributed by atoms with van der Waals surface area (Å²) in [5.41, 5.74) is 2.53. The third kappa shape index (κ3) is 7.42. The minimum absolute atomic E-state index is 0.326. The Morgan fingerprint density at radius 3 is 2.59 bits per heavy atom. The summed E-state index contributed by atoms with van der Waals surface area (Å²) < 4.78 is 24.3. The van der Waals surface area contributed by atoms with Gasteiger partial charge in [-0.1, -0.05) is 36.8 Å². The smallest absolute Gasteiger partial charge is 0.208 e. The highest BCUT2D eigenvalue weighted by atomic mass is 32.2. The Balaban J connectivity index is 2.37. The molecule has 0 amide bonds. The molecular formula is C15H26N4O2S. The maximum Gasteiger partial charge on any atom is 0.208 e. The SMILES string of the molecule is CN=C(NCCNS(C)(=O)=O)NCC(C)c1cccc(C)c1. The van der Waals surface area contributed by atoms with Crippen LogP contribution < -0.4 is 15.4 Å². The van der Waals surface area contributed by atoms with Crippen LogP contribution in [0.4, 0.5) is 0 Å². The highest BCUT2D eigenvalue weighted by Gasteiger charge is 2.07. The Morgan fingerprint density at radius 2 is 2.00 bits per heavy atom. The summed E-state index contributed by atoms with van der Waals surface area (Å²) in [7, 11) is -1.45. The standard InChI is InChI=1S/C15H26N4O2S/c1-12-6-5-7-14(10-12)13(2)11-18-15(16-3)17-8-9-19-22(4,20)21/h5-7,10,13,19H,8-9,11H2,1-4H3,(H2,16,17,18). The molecule has 0 radical (unpaired) electrons. The van der Waals surface area contributed by atoms with Crippen LogP contribution in [0.1, 0.15) is 24.0 Å². The Hall–Kier alpha value is -1.60. The molecule has 1 atom stereocenters. The van der Waals surface area contributed by atoms with E-state index in [9.17, 15) is 8.42 Å². The fourth-order valence-corrected chi connectivity index (χ4v) is 2.46. The summed E-state index contributed by atoms with van der Waals surface area (Å²) in [5, 5.41) is 6.32. The molecule has 3 N–H and O–H groups in total. The number of nitrogens with zero attached hydrogens (tertiary/aromatic N) is 1. The average Bonchev–Trinajstić information content (AvgIpc) is 2.45. The first kappa shape index (κ1) is 18.4. The minimum Gasteiger partial charge on any atom is -0.356 e. The van der Waals surface area contributed by atoms with Gasteiger partial charge in [0.15, 0.2) is 5.96 Å². The maximum atomic E-state index is 11.0. The number of benzene rings is 1. The lowest BCUT2D eigenvalue weighted by Crippen LogP contribution is -2.42. The molecule has 0 bridgehead atoms. The van der Waals surface area contributed by atoms with Crippen molar-refractivity contribution in [2.24, 2.45) is 4.99 Å². The van der Waals surface area contributed by atoms with E-state index in [0.29, 0.717) is 25.0 Å². The van der Waals surface area contributed by atoms with E-state index in [4.69, 9.17) is 0 Å². The second-order valence-corrected chi connectivity index (χ2v) is 7.19. The highest BCUT2D eigenvalue weighted by Crippen LogP contribution is 2.15. The van der Waals surface area contributed by atoms with Crippen molar-refractivity contribution in [2.75, 3.05) is 32.9 Å². The van der Waals surface area contributed by atoms with Crippen LogP contribution in [0.25, 0.3) is 0 Å². The van der Waals surface area contributed by atoms with Gasteiger partial charge in [0.1, 0.15) is 0 Å². The molecule has 0 aliphatic heterocycles. The van der Waals surface area contributed by atoms with Crippen LogP contribution in [0, 0.1) is 6.92 Å². The molecule has 22 heavy (non-hydrogen) atoms. The Labute approximate surface area is 133 Å². The van der Waals surface area contributed by atoms with Gasteiger partial charge in [0.25, 0.3) is 0 Å². The number of aryl methyl sites for hydroxylation is 1. The van der Waals surface area contributed by atoms with Gasteiger partial charge in [-0.25, -0.2) is 13.1 Å². The van der Waals surface area contributed by atoms with Crippen LogP contribution in [0.3, 0.4) is 0 Å². The number of nitrogens with one attached hydrogen (secondary N) is 3. The first-order valence-corrected chi connectivity index (χ1v) is 9.16. The fourth-order valence-electron chi connectivity index (χ4n) is 1.98. The van der Waals surface area contributed by atoms with E-state index >= 15 is 0 Å². The van der Waals surface area contributed by atoms with Gasteiger partial charge in [0.2, 0.25) is 10.0 Å². The minimum atomic E-state index is -3.14. The highest BCUT2D eigenvalue weighted by molar-refractivity contribution is 7.88. The molecular weight excluding hydrogens is 300 g/mol. The summed E-state index contributed by atoms with van der Waals surface area (Å²) in [6.07, 6.45) is 1.14. The fraction of sp³-hybridized carbons (Fsp3) is 0.533. The molecule has 1 unspecified atom stereocenters. The largest absolute Gasteiger partial charge is 0.356 e. The van der Waals surface area contributed by atoms with E-state index in [0.717, 1.165) is 12.8 Å². The molecule has 6 nitrogen and oxygen atoms in total. The molecule has 0 fully saturated rings. The summed E-state index contributed by atoms with van der Waals surface area (Å²) in [5.74, 6) is 1.02. The zero-order valence-corrected chi connectivity index (χ0v) is 14.5. The zero-order valence-electron chi connectivity index (χ0n) is 13.7. The molecule has 1 aromatic carbocycles. The van der Waals surface area contributed by atoms with Crippen LogP contribution in [0.5, 0.6) is 0 Å². The number of guanidine groups is 1. The van der Waals surface area contributed by atoms with Crippen LogP contribution >= 0.6 is 0 Å². The third-order valence-electron chi connectivity index (χ3n) is 3.19. The van der Waals surface area contributed by atoms with Gasteiger partial charge in [0, 0.05) is 26.7 Å². The number of hydrogen-bond acceptors (Lipinski definition) is 3. The van der Waals surface area contributed by atoms with E-state index in [1.54, 1.807) is 7.05 Å². The van der Waals surface area contributed by atoms with Crippen molar-refractivity contribution >= 4 is 16.0 Å². The van der Waals surface area contributed by atoms with Gasteiger partial charge < -0.3 is 10.6 Å². The van der Waals surface area contributed by atoms with Crippen LogP contribution in [-0.2, 0) is 10.0 Å². The number of rotatable bonds is 7. The topological polar surface area (TPSA) is 82.6 Å². The molecule has 0 saturated carbocycles. The lowest BCUT2D eigenvalue weighted by molar-refractivity contribution is 0.586. The molecule has 0 aliphatic carbocycles. The second kappa shape index (κ2) is 8.75. The first-order chi connectivity index (χ1) is 10.3. The van der Waals surface area contributed by atoms with Crippen LogP contribution in [0.15, 0.2) is 29.3 Å². The van der Waals surface area contributed by atoms with Crippen molar-refractivity contribution in [3.8, 4) is 0 Å². The van der Waals surface area contributed by atoms with Gasteiger partial charge in [-0.2, -0.15) is 0 Å². The van der Waals surface area contributed by atoms with Crippen LogP contribution in [0.2, 0.25) is 0 Å². The number of sulfonamides is 1. The summed E-state index contributed by atoms with van der Waals surface area (Å²) in [4.78, 5) is 4.12. The van der Waals surface area contributed by atoms with E-state index < -0.39 is 10.0 Å². The van der Waals surface area contributed by atoms with Gasteiger partial charge in [-0.05, 0) is 18.4 Å². The normalized spacial score (nSPS) is 13.7. The van der Waals surface area contributed by atoms with E-state index in [2.05, 4.69) is 58.5 Å². The van der Waals surface area contributed by atoms with E-state index in [1.807, 2.05) is 0 Å². The maximum absolute atomic E-state index is 11.0. The Bertz CT molecular complexity index is 599. The molecule has 0 aromatic heterocycles.